The maximum Gasteiger partial charge on any atom is 0.338 e. The second-order valence-corrected chi connectivity index (χ2v) is 5.63. The molecule has 124 valence electrons. The van der Waals surface area contributed by atoms with Gasteiger partial charge in [0.1, 0.15) is 0 Å². The summed E-state index contributed by atoms with van der Waals surface area (Å²) in [4.78, 5) is 39.1. The number of nitrogens with zero attached hydrogens (tertiary/aromatic N) is 1. The Bertz CT molecular complexity index is 737. The number of nitrogens with two attached hydrogens (primary N) is 1. The van der Waals surface area contributed by atoms with Crippen LogP contribution in [0.15, 0.2) is 53.7 Å². The molecule has 0 unspecified atom stereocenters. The van der Waals surface area contributed by atoms with Gasteiger partial charge in [-0.3, -0.25) is 14.6 Å². The average Bonchev–Trinajstić information content (AvgIpc) is 2.59. The molecule has 1 aromatic carbocycles. The van der Waals surface area contributed by atoms with Crippen molar-refractivity contribution in [1.82, 2.24) is 4.98 Å². The highest BCUT2D eigenvalue weighted by molar-refractivity contribution is 8.00. The maximum atomic E-state index is 11.9. The monoisotopic (exact) mass is 345 g/mol. The molecule has 0 radical (unpaired) electrons. The van der Waals surface area contributed by atoms with E-state index in [0.29, 0.717) is 16.1 Å². The highest BCUT2D eigenvalue weighted by Gasteiger charge is 2.12. The predicted molar refractivity (Wildman–Crippen MR) is 89.5 cm³/mol. The fourth-order valence-corrected chi connectivity index (χ4v) is 2.48. The van der Waals surface area contributed by atoms with Crippen molar-refractivity contribution in [3.63, 3.8) is 0 Å². The largest absolute Gasteiger partial charge is 0.452 e. The topological polar surface area (TPSA) is 111 Å². The minimum atomic E-state index is -0.607. The van der Waals surface area contributed by atoms with Crippen LogP contribution in [-0.4, -0.2) is 35.1 Å². The summed E-state index contributed by atoms with van der Waals surface area (Å²) >= 11 is 1.21. The van der Waals surface area contributed by atoms with Gasteiger partial charge in [0.05, 0.1) is 17.0 Å². The van der Waals surface area contributed by atoms with E-state index in [1.54, 1.807) is 24.3 Å². The van der Waals surface area contributed by atoms with Gasteiger partial charge in [-0.1, -0.05) is 12.1 Å². The Morgan fingerprint density at radius 3 is 2.54 bits per heavy atom. The predicted octanol–water partition coefficient (Wildman–Crippen LogP) is 1.45. The average molecular weight is 345 g/mol. The molecule has 1 heterocycles. The van der Waals surface area contributed by atoms with E-state index < -0.39 is 24.4 Å². The van der Waals surface area contributed by atoms with Crippen molar-refractivity contribution in [2.75, 3.05) is 17.7 Å². The first-order valence-electron chi connectivity index (χ1n) is 6.93. The molecule has 1 aromatic heterocycles. The van der Waals surface area contributed by atoms with Crippen LogP contribution in [0.5, 0.6) is 0 Å². The molecule has 8 heteroatoms. The lowest BCUT2D eigenvalue weighted by Crippen LogP contribution is -2.21. The third-order valence-corrected chi connectivity index (χ3v) is 3.88. The van der Waals surface area contributed by atoms with E-state index in [1.807, 2.05) is 0 Å². The van der Waals surface area contributed by atoms with Crippen molar-refractivity contribution in [3.05, 3.63) is 54.4 Å². The number of hydrogen-bond donors (Lipinski definition) is 2. The fraction of sp³-hybridized carbons (Fsp3) is 0.125. The summed E-state index contributed by atoms with van der Waals surface area (Å²) in [6.07, 6.45) is 2.92. The van der Waals surface area contributed by atoms with E-state index in [-0.39, 0.29) is 5.75 Å². The molecule has 0 aliphatic heterocycles. The molecule has 0 saturated heterocycles. The van der Waals surface area contributed by atoms with E-state index in [2.05, 4.69) is 10.3 Å². The van der Waals surface area contributed by atoms with Gasteiger partial charge in [0, 0.05) is 17.3 Å². The van der Waals surface area contributed by atoms with E-state index in [9.17, 15) is 14.4 Å². The summed E-state index contributed by atoms with van der Waals surface area (Å²) in [5.41, 5.74) is 5.96. The maximum absolute atomic E-state index is 11.9. The van der Waals surface area contributed by atoms with Crippen LogP contribution in [0.3, 0.4) is 0 Å². The highest BCUT2D eigenvalue weighted by Crippen LogP contribution is 2.26. The first kappa shape index (κ1) is 17.5. The number of esters is 1. The van der Waals surface area contributed by atoms with Crippen molar-refractivity contribution in [1.29, 1.82) is 0 Å². The highest BCUT2D eigenvalue weighted by atomic mass is 32.2. The SMILES string of the molecule is NC(=O)CSc1ccccc1NC(=O)COC(=O)c1ccncc1. The fourth-order valence-electron chi connectivity index (χ4n) is 1.73. The Morgan fingerprint density at radius 1 is 1.12 bits per heavy atom. The van der Waals surface area contributed by atoms with Crippen molar-refractivity contribution in [2.45, 2.75) is 4.90 Å². The van der Waals surface area contributed by atoms with Gasteiger partial charge in [0.2, 0.25) is 5.91 Å². The molecule has 0 aliphatic rings. The van der Waals surface area contributed by atoms with Crippen LogP contribution in [-0.2, 0) is 14.3 Å². The van der Waals surface area contributed by atoms with E-state index in [4.69, 9.17) is 10.5 Å². The lowest BCUT2D eigenvalue weighted by molar-refractivity contribution is -0.119. The molecular weight excluding hydrogens is 330 g/mol. The number of ether oxygens (including phenoxy) is 1. The number of primary amides is 1. The lowest BCUT2D eigenvalue weighted by atomic mass is 10.3. The normalized spacial score (nSPS) is 10.0. The van der Waals surface area contributed by atoms with Crippen molar-refractivity contribution in [2.24, 2.45) is 5.73 Å². The van der Waals surface area contributed by atoms with Gasteiger partial charge in [0.25, 0.3) is 5.91 Å². The molecule has 0 saturated carbocycles. The molecule has 3 N–H and O–H groups in total. The molecule has 2 aromatic rings. The molecule has 0 spiro atoms. The van der Waals surface area contributed by atoms with E-state index in [0.717, 1.165) is 0 Å². The number of thioether (sulfide) groups is 1. The molecular formula is C16H15N3O4S. The van der Waals surface area contributed by atoms with Crippen molar-refractivity contribution < 1.29 is 19.1 Å². The molecule has 0 aliphatic carbocycles. The number of rotatable bonds is 7. The number of amides is 2. The Balaban J connectivity index is 1.90. The van der Waals surface area contributed by atoms with Crippen LogP contribution in [0.2, 0.25) is 0 Å². The molecule has 7 nitrogen and oxygen atoms in total. The van der Waals surface area contributed by atoms with Gasteiger partial charge in [0.15, 0.2) is 6.61 Å². The second-order valence-electron chi connectivity index (χ2n) is 4.61. The number of aromatic nitrogens is 1. The zero-order valence-corrected chi connectivity index (χ0v) is 13.4. The molecule has 0 bridgehead atoms. The van der Waals surface area contributed by atoms with Gasteiger partial charge in [-0.2, -0.15) is 0 Å². The second kappa shape index (κ2) is 8.68. The molecule has 24 heavy (non-hydrogen) atoms. The zero-order chi connectivity index (χ0) is 17.4. The van der Waals surface area contributed by atoms with Gasteiger partial charge in [-0.05, 0) is 24.3 Å². The number of carbonyl (C=O) groups excluding carboxylic acids is 3. The number of pyridine rings is 1. The Labute approximate surface area is 142 Å². The van der Waals surface area contributed by atoms with Crippen molar-refractivity contribution in [3.8, 4) is 0 Å². The van der Waals surface area contributed by atoms with Gasteiger partial charge >= 0.3 is 5.97 Å². The molecule has 0 fully saturated rings. The summed E-state index contributed by atoms with van der Waals surface area (Å²) < 4.78 is 4.94. The van der Waals surface area contributed by atoms with Gasteiger partial charge in [-0.15, -0.1) is 11.8 Å². The smallest absolute Gasteiger partial charge is 0.338 e. The number of benzene rings is 1. The van der Waals surface area contributed by atoms with Crippen LogP contribution >= 0.6 is 11.8 Å². The standard InChI is InChI=1S/C16H15N3O4S/c17-14(20)10-24-13-4-2-1-3-12(13)19-15(21)9-23-16(22)11-5-7-18-8-6-11/h1-8H,9-10H2,(H2,17,20)(H,19,21). The Hall–Kier alpha value is -2.87. The van der Waals surface area contributed by atoms with Crippen LogP contribution in [0, 0.1) is 0 Å². The van der Waals surface area contributed by atoms with Crippen molar-refractivity contribution >= 4 is 35.2 Å². The molecule has 2 amide bonds. The first-order chi connectivity index (χ1) is 11.6. The van der Waals surface area contributed by atoms with Gasteiger partial charge < -0.3 is 15.8 Å². The third kappa shape index (κ3) is 5.40. The van der Waals surface area contributed by atoms with Crippen LogP contribution in [0.4, 0.5) is 5.69 Å². The summed E-state index contributed by atoms with van der Waals surface area (Å²) in [5, 5.41) is 2.64. The Kier molecular flexibility index (Phi) is 6.32. The van der Waals surface area contributed by atoms with E-state index in [1.165, 1.54) is 36.3 Å². The molecule has 0 atom stereocenters. The number of para-hydroxylation sites is 1. The zero-order valence-electron chi connectivity index (χ0n) is 12.6. The summed E-state index contributed by atoms with van der Waals surface area (Å²) in [6.45, 7) is -0.421. The first-order valence-corrected chi connectivity index (χ1v) is 7.92. The number of anilines is 1. The lowest BCUT2D eigenvalue weighted by Gasteiger charge is -2.10. The number of nitrogens with one attached hydrogen (secondary N) is 1. The van der Waals surface area contributed by atoms with Gasteiger partial charge in [-0.25, -0.2) is 4.79 Å². The van der Waals surface area contributed by atoms with Crippen LogP contribution in [0.25, 0.3) is 0 Å². The Morgan fingerprint density at radius 2 is 1.83 bits per heavy atom. The minimum absolute atomic E-state index is 0.101. The summed E-state index contributed by atoms with van der Waals surface area (Å²) in [5.74, 6) is -1.44. The minimum Gasteiger partial charge on any atom is -0.452 e. The quantitative estimate of drug-likeness (QED) is 0.580. The third-order valence-electron chi connectivity index (χ3n) is 2.78. The van der Waals surface area contributed by atoms with Crippen LogP contribution in [0.1, 0.15) is 10.4 Å². The number of carbonyl (C=O) groups is 3. The number of hydrogen-bond acceptors (Lipinski definition) is 6. The summed E-state index contributed by atoms with van der Waals surface area (Å²) in [7, 11) is 0. The van der Waals surface area contributed by atoms with E-state index >= 15 is 0 Å². The summed E-state index contributed by atoms with van der Waals surface area (Å²) in [6, 6.07) is 9.96. The van der Waals surface area contributed by atoms with Crippen LogP contribution < -0.4 is 11.1 Å². The molecule has 2 rings (SSSR count).